The second-order valence-corrected chi connectivity index (χ2v) is 3.54. The maximum absolute atomic E-state index is 12.3. The number of alkyl halides is 2. The van der Waals surface area contributed by atoms with E-state index in [9.17, 15) is 23.8 Å². The predicted molar refractivity (Wildman–Crippen MR) is 58.8 cm³/mol. The van der Waals surface area contributed by atoms with Crippen molar-refractivity contribution in [3.63, 3.8) is 0 Å². The molecular formula is C11H13F2NO4. The Balaban J connectivity index is 3.01. The number of aliphatic hydroxyl groups is 1. The maximum atomic E-state index is 12.3. The first kappa shape index (κ1) is 14.2. The minimum atomic E-state index is -2.77. The lowest BCUT2D eigenvalue weighted by atomic mass is 10.1. The van der Waals surface area contributed by atoms with Crippen molar-refractivity contribution in [2.24, 2.45) is 0 Å². The molecule has 1 aromatic carbocycles. The van der Waals surface area contributed by atoms with E-state index in [1.165, 1.54) is 6.07 Å². The van der Waals surface area contributed by atoms with Crippen molar-refractivity contribution < 1.29 is 28.9 Å². The van der Waals surface area contributed by atoms with Crippen LogP contribution in [0.25, 0.3) is 0 Å². The molecule has 0 saturated heterocycles. The van der Waals surface area contributed by atoms with Crippen LogP contribution in [0.1, 0.15) is 10.4 Å². The van der Waals surface area contributed by atoms with Crippen LogP contribution in [-0.2, 0) is 0 Å². The molecule has 0 radical (unpaired) electrons. The molecule has 0 unspecified atom stereocenters. The molecule has 0 spiro atoms. The van der Waals surface area contributed by atoms with Crippen molar-refractivity contribution >= 4 is 5.91 Å². The van der Waals surface area contributed by atoms with Crippen molar-refractivity contribution in [1.82, 2.24) is 4.90 Å². The Kier molecular flexibility index (Phi) is 4.85. The first-order valence-electron chi connectivity index (χ1n) is 5.16. The van der Waals surface area contributed by atoms with E-state index in [0.29, 0.717) is 4.90 Å². The van der Waals surface area contributed by atoms with Crippen LogP contribution in [0, 0.1) is 0 Å². The number of halogens is 2. The number of carbonyl (C=O) groups excluding carboxylic acids is 1. The van der Waals surface area contributed by atoms with Crippen LogP contribution in [0.4, 0.5) is 8.78 Å². The van der Waals surface area contributed by atoms with E-state index in [1.807, 2.05) is 0 Å². The zero-order valence-corrected chi connectivity index (χ0v) is 9.38. The molecule has 18 heavy (non-hydrogen) atoms. The molecule has 100 valence electrons. The molecule has 5 nitrogen and oxygen atoms in total. The lowest BCUT2D eigenvalue weighted by Crippen LogP contribution is -2.37. The topological polar surface area (TPSA) is 81.0 Å². The number of hydrogen-bond donors (Lipinski definition) is 3. The number of benzene rings is 1. The van der Waals surface area contributed by atoms with E-state index >= 15 is 0 Å². The molecule has 0 saturated carbocycles. The summed E-state index contributed by atoms with van der Waals surface area (Å²) in [6.07, 6.45) is -2.77. The Morgan fingerprint density at radius 1 is 1.28 bits per heavy atom. The predicted octanol–water partition coefficient (Wildman–Crippen LogP) is 0.797. The van der Waals surface area contributed by atoms with Crippen LogP contribution in [0.3, 0.4) is 0 Å². The van der Waals surface area contributed by atoms with Crippen LogP contribution >= 0.6 is 0 Å². The molecule has 1 rings (SSSR count). The van der Waals surface area contributed by atoms with Gasteiger partial charge in [0.2, 0.25) is 0 Å². The van der Waals surface area contributed by atoms with Gasteiger partial charge in [-0.1, -0.05) is 6.07 Å². The molecule has 0 bridgehead atoms. The molecule has 0 aliphatic carbocycles. The number of carbonyl (C=O) groups is 1. The van der Waals surface area contributed by atoms with Gasteiger partial charge in [0.25, 0.3) is 12.3 Å². The zero-order chi connectivity index (χ0) is 13.7. The first-order valence-corrected chi connectivity index (χ1v) is 5.16. The molecule has 0 fully saturated rings. The van der Waals surface area contributed by atoms with Crippen molar-refractivity contribution in [1.29, 1.82) is 0 Å². The van der Waals surface area contributed by atoms with Gasteiger partial charge in [-0.25, -0.2) is 8.78 Å². The van der Waals surface area contributed by atoms with E-state index in [1.54, 1.807) is 0 Å². The number of aliphatic hydroxyl groups excluding tert-OH is 1. The fourth-order valence-electron chi connectivity index (χ4n) is 1.47. The second kappa shape index (κ2) is 6.15. The molecule has 0 aliphatic rings. The number of phenols is 2. The van der Waals surface area contributed by atoms with Gasteiger partial charge in [0, 0.05) is 6.54 Å². The van der Waals surface area contributed by atoms with Crippen molar-refractivity contribution in [2.45, 2.75) is 6.43 Å². The molecule has 1 aromatic rings. The van der Waals surface area contributed by atoms with Crippen molar-refractivity contribution in [3.05, 3.63) is 23.8 Å². The smallest absolute Gasteiger partial charge is 0.261 e. The molecule has 1 amide bonds. The lowest BCUT2D eigenvalue weighted by Gasteiger charge is -2.22. The molecule has 0 aliphatic heterocycles. The maximum Gasteiger partial charge on any atom is 0.261 e. The van der Waals surface area contributed by atoms with E-state index in [2.05, 4.69) is 0 Å². The number of amides is 1. The number of rotatable bonds is 5. The van der Waals surface area contributed by atoms with Crippen LogP contribution in [0.5, 0.6) is 11.5 Å². The number of phenolic OH excluding ortho intramolecular Hbond substituents is 2. The summed E-state index contributed by atoms with van der Waals surface area (Å²) >= 11 is 0. The largest absolute Gasteiger partial charge is 0.507 e. The Hall–Kier alpha value is -1.89. The average molecular weight is 261 g/mol. The molecule has 7 heteroatoms. The van der Waals surface area contributed by atoms with Crippen LogP contribution in [-0.4, -0.2) is 52.2 Å². The van der Waals surface area contributed by atoms with Gasteiger partial charge in [-0.2, -0.15) is 0 Å². The third kappa shape index (κ3) is 3.30. The monoisotopic (exact) mass is 261 g/mol. The fraction of sp³-hybridized carbons (Fsp3) is 0.364. The summed E-state index contributed by atoms with van der Waals surface area (Å²) in [5.74, 6) is -1.96. The van der Waals surface area contributed by atoms with Gasteiger partial charge in [-0.15, -0.1) is 0 Å². The quantitative estimate of drug-likeness (QED) is 0.732. The third-order valence-corrected chi connectivity index (χ3v) is 2.25. The van der Waals surface area contributed by atoms with Gasteiger partial charge in [0.05, 0.1) is 13.2 Å². The molecule has 0 aromatic heterocycles. The molecule has 0 atom stereocenters. The summed E-state index contributed by atoms with van der Waals surface area (Å²) in [5.41, 5.74) is -0.452. The van der Waals surface area contributed by atoms with Gasteiger partial charge >= 0.3 is 0 Å². The minimum absolute atomic E-state index is 0.309. The van der Waals surface area contributed by atoms with Crippen LogP contribution in [0.2, 0.25) is 0 Å². The molecule has 3 N–H and O–H groups in total. The lowest BCUT2D eigenvalue weighted by molar-refractivity contribution is 0.0504. The van der Waals surface area contributed by atoms with Gasteiger partial charge in [0.15, 0.2) is 0 Å². The van der Waals surface area contributed by atoms with Crippen molar-refractivity contribution in [3.8, 4) is 11.5 Å². The van der Waals surface area contributed by atoms with Crippen molar-refractivity contribution in [2.75, 3.05) is 19.7 Å². The van der Waals surface area contributed by atoms with E-state index in [4.69, 9.17) is 5.11 Å². The van der Waals surface area contributed by atoms with E-state index < -0.39 is 42.5 Å². The Morgan fingerprint density at radius 3 is 2.28 bits per heavy atom. The molecular weight excluding hydrogens is 248 g/mol. The first-order chi connectivity index (χ1) is 8.47. The zero-order valence-electron chi connectivity index (χ0n) is 9.38. The number of hydrogen-bond acceptors (Lipinski definition) is 4. The Bertz CT molecular complexity index is 405. The highest BCUT2D eigenvalue weighted by Crippen LogP contribution is 2.27. The van der Waals surface area contributed by atoms with Gasteiger partial charge in [0.1, 0.15) is 17.1 Å². The van der Waals surface area contributed by atoms with Gasteiger partial charge in [-0.05, 0) is 12.1 Å². The number of nitrogens with zero attached hydrogens (tertiary/aromatic N) is 1. The Morgan fingerprint density at radius 2 is 1.83 bits per heavy atom. The Labute approximate surface area is 102 Å². The normalized spacial score (nSPS) is 10.7. The number of aromatic hydroxyl groups is 2. The van der Waals surface area contributed by atoms with E-state index in [0.717, 1.165) is 12.1 Å². The van der Waals surface area contributed by atoms with Gasteiger partial charge < -0.3 is 20.2 Å². The summed E-state index contributed by atoms with van der Waals surface area (Å²) < 4.78 is 24.6. The summed E-state index contributed by atoms with van der Waals surface area (Å²) in [6, 6.07) is 3.63. The van der Waals surface area contributed by atoms with Crippen LogP contribution < -0.4 is 0 Å². The highest BCUT2D eigenvalue weighted by atomic mass is 19.3. The summed E-state index contributed by atoms with van der Waals surface area (Å²) in [7, 11) is 0. The highest BCUT2D eigenvalue weighted by molar-refractivity contribution is 5.99. The van der Waals surface area contributed by atoms with Crippen LogP contribution in [0.15, 0.2) is 18.2 Å². The fourth-order valence-corrected chi connectivity index (χ4v) is 1.47. The van der Waals surface area contributed by atoms with Gasteiger partial charge in [-0.3, -0.25) is 4.79 Å². The summed E-state index contributed by atoms with van der Waals surface area (Å²) in [4.78, 5) is 12.5. The highest BCUT2D eigenvalue weighted by Gasteiger charge is 2.24. The third-order valence-electron chi connectivity index (χ3n) is 2.25. The second-order valence-electron chi connectivity index (χ2n) is 3.54. The average Bonchev–Trinajstić information content (AvgIpc) is 2.27. The summed E-state index contributed by atoms with van der Waals surface area (Å²) in [5, 5.41) is 27.6. The molecule has 0 heterocycles. The standard InChI is InChI=1S/C11H13F2NO4/c12-9(13)6-14(4-5-15)11(18)10-7(16)2-1-3-8(10)17/h1-3,9,15-17H,4-6H2. The minimum Gasteiger partial charge on any atom is -0.507 e. The van der Waals surface area contributed by atoms with E-state index in [-0.39, 0.29) is 6.54 Å². The summed E-state index contributed by atoms with van der Waals surface area (Å²) in [6.45, 7) is -1.68. The SMILES string of the molecule is O=C(c1c(O)cccc1O)N(CCO)CC(F)F.